The van der Waals surface area contributed by atoms with Crippen LogP contribution < -0.4 is 10.2 Å². The van der Waals surface area contributed by atoms with Crippen molar-refractivity contribution in [3.63, 3.8) is 0 Å². The van der Waals surface area contributed by atoms with Crippen LogP contribution in [0.5, 0.6) is 0 Å². The first kappa shape index (κ1) is 13.8. The standard InChI is InChI=1S/C14H22N4OS/c1-17(2)13-16-11(10-20-13)9-15-12(19)14-5-3-7-18(14)8-4-6-14/h10H,3-9H2,1-2H3,(H,15,19). The summed E-state index contributed by atoms with van der Waals surface area (Å²) in [5.74, 6) is 0.201. The molecule has 0 spiro atoms. The van der Waals surface area contributed by atoms with E-state index >= 15 is 0 Å². The van der Waals surface area contributed by atoms with E-state index in [1.54, 1.807) is 11.3 Å². The van der Waals surface area contributed by atoms with Gasteiger partial charge in [0.15, 0.2) is 5.13 Å². The quantitative estimate of drug-likeness (QED) is 0.913. The van der Waals surface area contributed by atoms with Crippen LogP contribution in [0.1, 0.15) is 31.4 Å². The number of carbonyl (C=O) groups is 1. The zero-order chi connectivity index (χ0) is 14.2. The van der Waals surface area contributed by atoms with E-state index in [4.69, 9.17) is 0 Å². The van der Waals surface area contributed by atoms with Gasteiger partial charge in [0.25, 0.3) is 0 Å². The van der Waals surface area contributed by atoms with Crippen molar-refractivity contribution in [2.24, 2.45) is 0 Å². The Balaban J connectivity index is 1.61. The van der Waals surface area contributed by atoms with E-state index in [0.717, 1.165) is 49.6 Å². The van der Waals surface area contributed by atoms with E-state index in [9.17, 15) is 4.79 Å². The fraction of sp³-hybridized carbons (Fsp3) is 0.714. The molecule has 0 aliphatic carbocycles. The summed E-state index contributed by atoms with van der Waals surface area (Å²) in [6.07, 6.45) is 4.32. The Kier molecular flexibility index (Phi) is 3.69. The summed E-state index contributed by atoms with van der Waals surface area (Å²) in [5.41, 5.74) is 0.742. The third kappa shape index (κ3) is 2.31. The summed E-state index contributed by atoms with van der Waals surface area (Å²) in [4.78, 5) is 21.4. The maximum atomic E-state index is 12.6. The highest BCUT2D eigenvalue weighted by Gasteiger charge is 2.49. The Bertz CT molecular complexity index is 489. The zero-order valence-electron chi connectivity index (χ0n) is 12.2. The van der Waals surface area contributed by atoms with Crippen LogP contribution in [0.2, 0.25) is 0 Å². The first-order chi connectivity index (χ1) is 9.62. The minimum Gasteiger partial charge on any atom is -0.354 e. The van der Waals surface area contributed by atoms with E-state index in [-0.39, 0.29) is 11.4 Å². The first-order valence-corrected chi connectivity index (χ1v) is 8.15. The average Bonchev–Trinajstić information content (AvgIpc) is 3.10. The van der Waals surface area contributed by atoms with Crippen molar-refractivity contribution in [3.05, 3.63) is 11.1 Å². The molecule has 1 amide bonds. The lowest BCUT2D eigenvalue weighted by molar-refractivity contribution is -0.130. The van der Waals surface area contributed by atoms with Gasteiger partial charge in [-0.3, -0.25) is 9.69 Å². The summed E-state index contributed by atoms with van der Waals surface area (Å²) >= 11 is 1.61. The van der Waals surface area contributed by atoms with Crippen LogP contribution in [0.25, 0.3) is 0 Å². The number of fused-ring (bicyclic) bond motifs is 1. The molecule has 0 radical (unpaired) electrons. The minimum atomic E-state index is -0.208. The number of amides is 1. The van der Waals surface area contributed by atoms with Crippen molar-refractivity contribution in [2.45, 2.75) is 37.8 Å². The minimum absolute atomic E-state index is 0.201. The molecule has 2 fully saturated rings. The predicted molar refractivity (Wildman–Crippen MR) is 81.1 cm³/mol. The molecule has 3 heterocycles. The Morgan fingerprint density at radius 1 is 1.45 bits per heavy atom. The van der Waals surface area contributed by atoms with Gasteiger partial charge in [-0.1, -0.05) is 0 Å². The van der Waals surface area contributed by atoms with Crippen molar-refractivity contribution < 1.29 is 4.79 Å². The van der Waals surface area contributed by atoms with E-state index < -0.39 is 0 Å². The van der Waals surface area contributed by atoms with Crippen LogP contribution in [-0.4, -0.2) is 48.5 Å². The maximum absolute atomic E-state index is 12.6. The Morgan fingerprint density at radius 3 is 2.75 bits per heavy atom. The maximum Gasteiger partial charge on any atom is 0.240 e. The van der Waals surface area contributed by atoms with E-state index in [0.29, 0.717) is 6.54 Å². The molecule has 110 valence electrons. The zero-order valence-corrected chi connectivity index (χ0v) is 13.0. The Morgan fingerprint density at radius 2 is 2.15 bits per heavy atom. The summed E-state index contributed by atoms with van der Waals surface area (Å²) in [5, 5.41) is 6.10. The van der Waals surface area contributed by atoms with E-state index in [1.807, 2.05) is 24.4 Å². The van der Waals surface area contributed by atoms with Gasteiger partial charge in [0.05, 0.1) is 12.2 Å². The van der Waals surface area contributed by atoms with Crippen molar-refractivity contribution in [2.75, 3.05) is 32.1 Å². The van der Waals surface area contributed by atoms with Crippen molar-refractivity contribution in [3.8, 4) is 0 Å². The van der Waals surface area contributed by atoms with Gasteiger partial charge in [0.1, 0.15) is 5.54 Å². The lowest BCUT2D eigenvalue weighted by Gasteiger charge is -2.30. The molecule has 1 N–H and O–H groups in total. The average molecular weight is 294 g/mol. The van der Waals surface area contributed by atoms with Crippen molar-refractivity contribution in [1.82, 2.24) is 15.2 Å². The molecule has 0 unspecified atom stereocenters. The van der Waals surface area contributed by atoms with Crippen molar-refractivity contribution >= 4 is 22.4 Å². The number of nitrogens with one attached hydrogen (secondary N) is 1. The largest absolute Gasteiger partial charge is 0.354 e. The van der Waals surface area contributed by atoms with Gasteiger partial charge in [-0.05, 0) is 38.8 Å². The molecule has 0 atom stereocenters. The number of nitrogens with zero attached hydrogens (tertiary/aromatic N) is 3. The first-order valence-electron chi connectivity index (χ1n) is 7.27. The molecule has 1 aromatic rings. The Labute approximate surface area is 124 Å². The second-order valence-electron chi connectivity index (χ2n) is 5.92. The highest BCUT2D eigenvalue weighted by Crippen LogP contribution is 2.38. The van der Waals surface area contributed by atoms with Gasteiger partial charge in [0.2, 0.25) is 5.91 Å². The highest BCUT2D eigenvalue weighted by molar-refractivity contribution is 7.13. The van der Waals surface area contributed by atoms with Crippen LogP contribution in [0, 0.1) is 0 Å². The second kappa shape index (κ2) is 5.33. The SMILES string of the molecule is CN(C)c1nc(CNC(=O)C23CCCN2CCC3)cs1. The third-order valence-electron chi connectivity index (χ3n) is 4.42. The topological polar surface area (TPSA) is 48.5 Å². The second-order valence-corrected chi connectivity index (χ2v) is 6.76. The fourth-order valence-electron chi connectivity index (χ4n) is 3.39. The monoisotopic (exact) mass is 294 g/mol. The Hall–Kier alpha value is -1.14. The number of hydrogen-bond acceptors (Lipinski definition) is 5. The van der Waals surface area contributed by atoms with Crippen LogP contribution in [0.15, 0.2) is 5.38 Å². The van der Waals surface area contributed by atoms with Gasteiger partial charge in [0, 0.05) is 19.5 Å². The van der Waals surface area contributed by atoms with Gasteiger partial charge in [-0.25, -0.2) is 4.98 Å². The molecular weight excluding hydrogens is 272 g/mol. The molecule has 2 saturated heterocycles. The summed E-state index contributed by atoms with van der Waals surface area (Å²) in [6, 6.07) is 0. The predicted octanol–water partition coefficient (Wildman–Crippen LogP) is 1.45. The molecular formula is C14H22N4OS. The number of rotatable bonds is 4. The third-order valence-corrected chi connectivity index (χ3v) is 5.47. The van der Waals surface area contributed by atoms with Gasteiger partial charge in [-0.15, -0.1) is 11.3 Å². The number of carbonyl (C=O) groups excluding carboxylic acids is 1. The molecule has 0 bridgehead atoms. The van der Waals surface area contributed by atoms with Crippen LogP contribution >= 0.6 is 11.3 Å². The smallest absolute Gasteiger partial charge is 0.240 e. The molecule has 3 rings (SSSR count). The molecule has 6 heteroatoms. The van der Waals surface area contributed by atoms with Crippen LogP contribution in [0.4, 0.5) is 5.13 Å². The molecule has 2 aliphatic heterocycles. The van der Waals surface area contributed by atoms with Gasteiger partial charge < -0.3 is 10.2 Å². The van der Waals surface area contributed by atoms with Crippen molar-refractivity contribution in [1.29, 1.82) is 0 Å². The highest BCUT2D eigenvalue weighted by atomic mass is 32.1. The molecule has 0 aromatic carbocycles. The summed E-state index contributed by atoms with van der Waals surface area (Å²) in [7, 11) is 3.96. The summed E-state index contributed by atoms with van der Waals surface area (Å²) in [6.45, 7) is 2.70. The lowest BCUT2D eigenvalue weighted by atomic mass is 9.93. The molecule has 2 aliphatic rings. The normalized spacial score (nSPS) is 20.9. The number of anilines is 1. The molecule has 5 nitrogen and oxygen atoms in total. The number of aromatic nitrogens is 1. The van der Waals surface area contributed by atoms with Gasteiger partial charge >= 0.3 is 0 Å². The number of thiazole rings is 1. The van der Waals surface area contributed by atoms with Gasteiger partial charge in [-0.2, -0.15) is 0 Å². The fourth-order valence-corrected chi connectivity index (χ4v) is 4.15. The van der Waals surface area contributed by atoms with E-state index in [1.165, 1.54) is 0 Å². The summed E-state index contributed by atoms with van der Waals surface area (Å²) < 4.78 is 0. The lowest BCUT2D eigenvalue weighted by Crippen LogP contribution is -2.51. The van der Waals surface area contributed by atoms with E-state index in [2.05, 4.69) is 15.2 Å². The van der Waals surface area contributed by atoms with Crippen LogP contribution in [-0.2, 0) is 11.3 Å². The molecule has 20 heavy (non-hydrogen) atoms. The molecule has 0 saturated carbocycles. The molecule has 1 aromatic heterocycles. The number of hydrogen-bond donors (Lipinski definition) is 1. The van der Waals surface area contributed by atoms with Crippen LogP contribution in [0.3, 0.4) is 0 Å².